The van der Waals surface area contributed by atoms with Crippen molar-refractivity contribution in [3.8, 4) is 11.3 Å². The summed E-state index contributed by atoms with van der Waals surface area (Å²) in [6, 6.07) is 16.1. The molecule has 1 aliphatic rings. The Morgan fingerprint density at radius 3 is 2.55 bits per heavy atom. The Bertz CT molecular complexity index is 1040. The van der Waals surface area contributed by atoms with Crippen LogP contribution in [-0.4, -0.2) is 37.4 Å². The van der Waals surface area contributed by atoms with Gasteiger partial charge in [-0.3, -0.25) is 15.1 Å². The van der Waals surface area contributed by atoms with Crippen molar-refractivity contribution in [2.24, 2.45) is 4.99 Å². The first-order valence-corrected chi connectivity index (χ1v) is 9.49. The number of morpholine rings is 1. The third-order valence-electron chi connectivity index (χ3n) is 4.62. The number of nitro benzene ring substituents is 1. The van der Waals surface area contributed by atoms with Crippen LogP contribution in [0.2, 0.25) is 5.02 Å². The van der Waals surface area contributed by atoms with E-state index in [0.29, 0.717) is 17.1 Å². The quantitative estimate of drug-likeness (QED) is 0.331. The molecule has 0 bridgehead atoms. The minimum absolute atomic E-state index is 0.0904. The molecule has 3 aromatic rings. The Kier molecular flexibility index (Phi) is 5.59. The maximum absolute atomic E-state index is 11.1. The standard InChI is InChI=1S/C21H18ClN3O4/c22-19-7-1-15(13-20(19)25(26)27)21-8-6-18(29-21)14-23-16-2-4-17(5-3-16)24-9-11-28-12-10-24/h1-8,13-14H,9-12H2. The molecule has 2 aromatic carbocycles. The van der Waals surface area contributed by atoms with E-state index in [1.54, 1.807) is 24.4 Å². The summed E-state index contributed by atoms with van der Waals surface area (Å²) in [7, 11) is 0. The van der Waals surface area contributed by atoms with Crippen molar-refractivity contribution >= 4 is 34.9 Å². The summed E-state index contributed by atoms with van der Waals surface area (Å²) in [6.07, 6.45) is 1.62. The summed E-state index contributed by atoms with van der Waals surface area (Å²) in [5, 5.41) is 11.1. The van der Waals surface area contributed by atoms with E-state index in [2.05, 4.69) is 9.89 Å². The molecule has 0 spiro atoms. The van der Waals surface area contributed by atoms with Gasteiger partial charge in [0.2, 0.25) is 0 Å². The van der Waals surface area contributed by atoms with E-state index in [-0.39, 0.29) is 10.7 Å². The molecular formula is C21H18ClN3O4. The van der Waals surface area contributed by atoms with E-state index in [0.717, 1.165) is 37.7 Å². The van der Waals surface area contributed by atoms with Gasteiger partial charge < -0.3 is 14.1 Å². The zero-order valence-corrected chi connectivity index (χ0v) is 16.2. The lowest BCUT2D eigenvalue weighted by Crippen LogP contribution is -2.36. The minimum atomic E-state index is -0.516. The van der Waals surface area contributed by atoms with E-state index in [1.807, 2.05) is 24.3 Å². The van der Waals surface area contributed by atoms with Crippen molar-refractivity contribution in [2.45, 2.75) is 0 Å². The maximum Gasteiger partial charge on any atom is 0.288 e. The first-order valence-electron chi connectivity index (χ1n) is 9.11. The molecule has 1 saturated heterocycles. The highest BCUT2D eigenvalue weighted by molar-refractivity contribution is 6.32. The highest BCUT2D eigenvalue weighted by Gasteiger charge is 2.15. The first-order chi connectivity index (χ1) is 14.1. The highest BCUT2D eigenvalue weighted by Crippen LogP contribution is 2.31. The summed E-state index contributed by atoms with van der Waals surface area (Å²) < 4.78 is 11.1. The van der Waals surface area contributed by atoms with Crippen LogP contribution in [0.3, 0.4) is 0 Å². The van der Waals surface area contributed by atoms with Crippen LogP contribution in [0.15, 0.2) is 64.0 Å². The van der Waals surface area contributed by atoms with Gasteiger partial charge in [0.25, 0.3) is 5.69 Å². The Labute approximate surface area is 172 Å². The largest absolute Gasteiger partial charge is 0.455 e. The lowest BCUT2D eigenvalue weighted by molar-refractivity contribution is -0.384. The number of benzene rings is 2. The molecule has 8 heteroatoms. The Hall–Kier alpha value is -3.16. The van der Waals surface area contributed by atoms with Crippen LogP contribution in [-0.2, 0) is 4.74 Å². The molecule has 0 unspecified atom stereocenters. The Balaban J connectivity index is 1.47. The highest BCUT2D eigenvalue weighted by atomic mass is 35.5. The molecule has 0 amide bonds. The van der Waals surface area contributed by atoms with E-state index in [1.165, 1.54) is 12.1 Å². The number of hydrogen-bond acceptors (Lipinski definition) is 6. The fraction of sp³-hybridized carbons (Fsp3) is 0.190. The van der Waals surface area contributed by atoms with Crippen molar-refractivity contribution in [2.75, 3.05) is 31.2 Å². The summed E-state index contributed by atoms with van der Waals surface area (Å²) in [5.41, 5.74) is 2.38. The van der Waals surface area contributed by atoms with Gasteiger partial charge in [-0.1, -0.05) is 11.6 Å². The van der Waals surface area contributed by atoms with Gasteiger partial charge in [0.05, 0.1) is 30.0 Å². The smallest absolute Gasteiger partial charge is 0.288 e. The van der Waals surface area contributed by atoms with Crippen molar-refractivity contribution in [3.05, 3.63) is 75.5 Å². The topological polar surface area (TPSA) is 81.1 Å². The number of anilines is 1. The fourth-order valence-corrected chi connectivity index (χ4v) is 3.28. The van der Waals surface area contributed by atoms with E-state index >= 15 is 0 Å². The number of hydrogen-bond donors (Lipinski definition) is 0. The zero-order valence-electron chi connectivity index (χ0n) is 15.5. The second kappa shape index (κ2) is 8.46. The lowest BCUT2D eigenvalue weighted by Gasteiger charge is -2.28. The molecule has 0 aliphatic carbocycles. The minimum Gasteiger partial charge on any atom is -0.455 e. The van der Waals surface area contributed by atoms with E-state index in [4.69, 9.17) is 20.8 Å². The predicted molar refractivity (Wildman–Crippen MR) is 113 cm³/mol. The molecule has 0 atom stereocenters. The molecule has 0 saturated carbocycles. The number of furan rings is 1. The van der Waals surface area contributed by atoms with Crippen LogP contribution in [0.1, 0.15) is 5.76 Å². The van der Waals surface area contributed by atoms with Crippen LogP contribution in [0, 0.1) is 10.1 Å². The van der Waals surface area contributed by atoms with Crippen molar-refractivity contribution in [1.29, 1.82) is 0 Å². The van der Waals surface area contributed by atoms with Gasteiger partial charge in [0.1, 0.15) is 16.5 Å². The van der Waals surface area contributed by atoms with Gasteiger partial charge in [-0.2, -0.15) is 0 Å². The van der Waals surface area contributed by atoms with Crippen LogP contribution >= 0.6 is 11.6 Å². The average Bonchev–Trinajstić information content (AvgIpc) is 3.22. The molecule has 4 rings (SSSR count). The summed E-state index contributed by atoms with van der Waals surface area (Å²) in [5.74, 6) is 1.06. The van der Waals surface area contributed by atoms with E-state index in [9.17, 15) is 10.1 Å². The number of nitrogens with zero attached hydrogens (tertiary/aromatic N) is 3. The van der Waals surface area contributed by atoms with Crippen molar-refractivity contribution < 1.29 is 14.1 Å². The second-order valence-electron chi connectivity index (χ2n) is 6.50. The van der Waals surface area contributed by atoms with Gasteiger partial charge >= 0.3 is 0 Å². The zero-order chi connectivity index (χ0) is 20.2. The first kappa shape index (κ1) is 19.2. The molecule has 0 radical (unpaired) electrons. The molecule has 1 aromatic heterocycles. The molecule has 148 valence electrons. The SMILES string of the molecule is O=[N+]([O-])c1cc(-c2ccc(C=Nc3ccc(N4CCOCC4)cc3)o2)ccc1Cl. The molecule has 0 N–H and O–H groups in total. The van der Waals surface area contributed by atoms with Crippen LogP contribution in [0.5, 0.6) is 0 Å². The molecule has 1 fully saturated rings. The number of nitro groups is 1. The van der Waals surface area contributed by atoms with Gasteiger partial charge in [-0.15, -0.1) is 0 Å². The second-order valence-corrected chi connectivity index (χ2v) is 6.91. The number of ether oxygens (including phenoxy) is 1. The van der Waals surface area contributed by atoms with E-state index < -0.39 is 4.92 Å². The number of halogens is 1. The van der Waals surface area contributed by atoms with Crippen LogP contribution < -0.4 is 4.90 Å². The molecule has 29 heavy (non-hydrogen) atoms. The predicted octanol–water partition coefficient (Wildman–Crippen LogP) is 5.10. The summed E-state index contributed by atoms with van der Waals surface area (Å²) in [4.78, 5) is 17.3. The monoisotopic (exact) mass is 411 g/mol. The Morgan fingerprint density at radius 2 is 1.83 bits per heavy atom. The normalized spacial score (nSPS) is 14.4. The summed E-state index contributed by atoms with van der Waals surface area (Å²) >= 11 is 5.86. The molecule has 2 heterocycles. The van der Waals surface area contributed by atoms with Crippen LogP contribution in [0.25, 0.3) is 11.3 Å². The molecule has 7 nitrogen and oxygen atoms in total. The lowest BCUT2D eigenvalue weighted by atomic mass is 10.1. The van der Waals surface area contributed by atoms with Gasteiger partial charge in [-0.05, 0) is 48.5 Å². The maximum atomic E-state index is 11.1. The number of aliphatic imine (C=N–C) groups is 1. The van der Waals surface area contributed by atoms with Gasteiger partial charge in [-0.25, -0.2) is 0 Å². The third kappa shape index (κ3) is 4.47. The molecular weight excluding hydrogens is 394 g/mol. The van der Waals surface area contributed by atoms with Crippen molar-refractivity contribution in [1.82, 2.24) is 0 Å². The van der Waals surface area contributed by atoms with Gasteiger partial charge in [0, 0.05) is 30.4 Å². The average molecular weight is 412 g/mol. The Morgan fingerprint density at radius 1 is 1.07 bits per heavy atom. The van der Waals surface area contributed by atoms with Gasteiger partial charge in [0.15, 0.2) is 0 Å². The number of rotatable bonds is 5. The fourth-order valence-electron chi connectivity index (χ4n) is 3.09. The summed E-state index contributed by atoms with van der Waals surface area (Å²) in [6.45, 7) is 3.27. The van der Waals surface area contributed by atoms with Crippen LogP contribution in [0.4, 0.5) is 17.1 Å². The molecule has 1 aliphatic heterocycles. The third-order valence-corrected chi connectivity index (χ3v) is 4.94. The van der Waals surface area contributed by atoms with Crippen molar-refractivity contribution in [3.63, 3.8) is 0 Å².